The molecule has 1 atom stereocenters. The van der Waals surface area contributed by atoms with Gasteiger partial charge in [-0.2, -0.15) is 0 Å². The van der Waals surface area contributed by atoms with Gasteiger partial charge in [0.25, 0.3) is 0 Å². The minimum Gasteiger partial charge on any atom is -0.396 e. The highest BCUT2D eigenvalue weighted by atomic mass is 35.5. The highest BCUT2D eigenvalue weighted by molar-refractivity contribution is 6.31. The Bertz CT molecular complexity index is 743. The molecule has 2 heterocycles. The first kappa shape index (κ1) is 19.2. The van der Waals surface area contributed by atoms with E-state index in [0.29, 0.717) is 11.6 Å². The number of aliphatic hydroxyl groups is 1. The molecule has 0 amide bonds. The zero-order valence-corrected chi connectivity index (χ0v) is 15.8. The van der Waals surface area contributed by atoms with Gasteiger partial charge < -0.3 is 5.11 Å². The van der Waals surface area contributed by atoms with Gasteiger partial charge in [0.1, 0.15) is 5.82 Å². The van der Waals surface area contributed by atoms with Crippen molar-refractivity contribution in [1.82, 2.24) is 14.8 Å². The number of hydrogen-bond donors (Lipinski definition) is 1. The number of rotatable bonds is 6. The Balaban J connectivity index is 1.65. The topological polar surface area (TPSA) is 39.6 Å². The molecule has 140 valence electrons. The molecule has 1 aliphatic rings. The average molecular weight is 378 g/mol. The van der Waals surface area contributed by atoms with E-state index >= 15 is 0 Å². The lowest BCUT2D eigenvalue weighted by atomic mass is 10.1. The van der Waals surface area contributed by atoms with Crippen LogP contribution in [0.4, 0.5) is 4.39 Å². The molecule has 1 aliphatic heterocycles. The molecule has 0 aliphatic carbocycles. The summed E-state index contributed by atoms with van der Waals surface area (Å²) in [6.45, 7) is 6.29. The van der Waals surface area contributed by atoms with Crippen LogP contribution in [0.3, 0.4) is 0 Å². The monoisotopic (exact) mass is 377 g/mol. The van der Waals surface area contributed by atoms with Crippen LogP contribution in [0.5, 0.6) is 0 Å². The van der Waals surface area contributed by atoms with E-state index in [2.05, 4.69) is 14.8 Å². The zero-order valence-electron chi connectivity index (χ0n) is 15.0. The summed E-state index contributed by atoms with van der Waals surface area (Å²) in [6, 6.07) is 10.9. The second-order valence-electron chi connectivity index (χ2n) is 6.88. The Labute approximate surface area is 159 Å². The van der Waals surface area contributed by atoms with E-state index in [-0.39, 0.29) is 18.5 Å². The van der Waals surface area contributed by atoms with Crippen LogP contribution in [-0.2, 0) is 13.1 Å². The maximum Gasteiger partial charge on any atom is 0.124 e. The van der Waals surface area contributed by atoms with Gasteiger partial charge in [-0.15, -0.1) is 0 Å². The molecule has 6 heteroatoms. The van der Waals surface area contributed by atoms with Crippen LogP contribution in [0.15, 0.2) is 36.4 Å². The Morgan fingerprint density at radius 2 is 2.08 bits per heavy atom. The maximum atomic E-state index is 13.2. The molecule has 1 aromatic carbocycles. The first-order valence-electron chi connectivity index (χ1n) is 8.99. The third-order valence-corrected chi connectivity index (χ3v) is 5.22. The number of nitrogens with zero attached hydrogens (tertiary/aromatic N) is 3. The molecule has 4 nitrogen and oxygen atoms in total. The van der Waals surface area contributed by atoms with Gasteiger partial charge in [-0.25, -0.2) is 4.39 Å². The van der Waals surface area contributed by atoms with Crippen molar-refractivity contribution in [3.05, 3.63) is 64.2 Å². The number of aryl methyl sites for hydroxylation is 1. The molecule has 26 heavy (non-hydrogen) atoms. The summed E-state index contributed by atoms with van der Waals surface area (Å²) in [6.07, 6.45) is 0.722. The summed E-state index contributed by atoms with van der Waals surface area (Å²) < 4.78 is 13.2. The predicted octanol–water partition coefficient (Wildman–Crippen LogP) is 3.25. The number of aromatic nitrogens is 1. The van der Waals surface area contributed by atoms with Gasteiger partial charge >= 0.3 is 0 Å². The molecular formula is C20H25ClFN3O. The zero-order chi connectivity index (χ0) is 18.5. The van der Waals surface area contributed by atoms with Gasteiger partial charge in [-0.3, -0.25) is 14.8 Å². The SMILES string of the molecule is Cc1cccc(CN2CCN(Cc3ccc(F)cc3Cl)CC2CCO)n1. The summed E-state index contributed by atoms with van der Waals surface area (Å²) >= 11 is 6.17. The van der Waals surface area contributed by atoms with Gasteiger partial charge in [0, 0.05) is 56.1 Å². The Hall–Kier alpha value is -1.53. The lowest BCUT2D eigenvalue weighted by Gasteiger charge is -2.41. The molecule has 0 radical (unpaired) electrons. The summed E-state index contributed by atoms with van der Waals surface area (Å²) in [7, 11) is 0. The third kappa shape index (κ3) is 5.01. The number of pyridine rings is 1. The lowest BCUT2D eigenvalue weighted by Crippen LogP contribution is -2.52. The molecule has 2 aromatic rings. The van der Waals surface area contributed by atoms with Crippen LogP contribution in [0.1, 0.15) is 23.4 Å². The highest BCUT2D eigenvalue weighted by Crippen LogP contribution is 2.22. The highest BCUT2D eigenvalue weighted by Gasteiger charge is 2.27. The quantitative estimate of drug-likeness (QED) is 0.838. The molecule has 1 unspecified atom stereocenters. The van der Waals surface area contributed by atoms with E-state index in [9.17, 15) is 9.50 Å². The van der Waals surface area contributed by atoms with Gasteiger partial charge in [0.15, 0.2) is 0 Å². The molecule has 1 fully saturated rings. The fraction of sp³-hybridized carbons (Fsp3) is 0.450. The van der Waals surface area contributed by atoms with Crippen molar-refractivity contribution in [2.24, 2.45) is 0 Å². The maximum absolute atomic E-state index is 13.2. The Morgan fingerprint density at radius 3 is 2.81 bits per heavy atom. The summed E-state index contributed by atoms with van der Waals surface area (Å²) in [5.41, 5.74) is 3.01. The van der Waals surface area contributed by atoms with Crippen LogP contribution in [0, 0.1) is 12.7 Å². The number of halogens is 2. The van der Waals surface area contributed by atoms with Crippen molar-refractivity contribution in [1.29, 1.82) is 0 Å². The number of aliphatic hydroxyl groups excluding tert-OH is 1. The van der Waals surface area contributed by atoms with Crippen LogP contribution in [-0.4, -0.2) is 52.2 Å². The van der Waals surface area contributed by atoms with E-state index in [1.165, 1.54) is 12.1 Å². The second-order valence-corrected chi connectivity index (χ2v) is 7.28. The van der Waals surface area contributed by atoms with Crippen molar-refractivity contribution in [2.75, 3.05) is 26.2 Å². The summed E-state index contributed by atoms with van der Waals surface area (Å²) in [5.74, 6) is -0.313. The number of piperazine rings is 1. The van der Waals surface area contributed by atoms with Crippen molar-refractivity contribution < 1.29 is 9.50 Å². The van der Waals surface area contributed by atoms with Crippen molar-refractivity contribution in [2.45, 2.75) is 32.5 Å². The average Bonchev–Trinajstić information content (AvgIpc) is 2.60. The third-order valence-electron chi connectivity index (χ3n) is 4.87. The number of benzene rings is 1. The molecule has 1 saturated heterocycles. The van der Waals surface area contributed by atoms with Crippen molar-refractivity contribution in [3.63, 3.8) is 0 Å². The Kier molecular flexibility index (Phi) is 6.59. The van der Waals surface area contributed by atoms with Crippen molar-refractivity contribution in [3.8, 4) is 0 Å². The predicted molar refractivity (Wildman–Crippen MR) is 102 cm³/mol. The normalized spacial score (nSPS) is 19.0. The lowest BCUT2D eigenvalue weighted by molar-refractivity contribution is 0.0491. The summed E-state index contributed by atoms with van der Waals surface area (Å²) in [4.78, 5) is 9.31. The molecule has 0 spiro atoms. The van der Waals surface area contributed by atoms with Gasteiger partial charge in [0.05, 0.1) is 5.69 Å². The minimum absolute atomic E-state index is 0.160. The van der Waals surface area contributed by atoms with Crippen LogP contribution in [0.25, 0.3) is 0 Å². The smallest absolute Gasteiger partial charge is 0.124 e. The minimum atomic E-state index is -0.313. The molecule has 1 N–H and O–H groups in total. The van der Waals surface area contributed by atoms with Crippen LogP contribution < -0.4 is 0 Å². The second kappa shape index (κ2) is 8.91. The van der Waals surface area contributed by atoms with E-state index in [4.69, 9.17) is 11.6 Å². The summed E-state index contributed by atoms with van der Waals surface area (Å²) in [5, 5.41) is 9.94. The standard InChI is InChI=1S/C20H25ClFN3O/c1-15-3-2-4-18(23-15)13-25-9-8-24(14-19(25)7-10-26)12-16-5-6-17(22)11-20(16)21/h2-6,11,19,26H,7-10,12-14H2,1H3. The molecule has 0 bridgehead atoms. The van der Waals surface area contributed by atoms with E-state index in [1.807, 2.05) is 25.1 Å². The molecular weight excluding hydrogens is 353 g/mol. The van der Waals surface area contributed by atoms with E-state index in [0.717, 1.165) is 49.6 Å². The fourth-order valence-electron chi connectivity index (χ4n) is 3.52. The Morgan fingerprint density at radius 1 is 1.23 bits per heavy atom. The van der Waals surface area contributed by atoms with Crippen LogP contribution >= 0.6 is 11.6 Å². The van der Waals surface area contributed by atoms with Crippen molar-refractivity contribution >= 4 is 11.6 Å². The molecule has 3 rings (SSSR count). The molecule has 1 aromatic heterocycles. The first-order chi connectivity index (χ1) is 12.5. The molecule has 0 saturated carbocycles. The van der Waals surface area contributed by atoms with Gasteiger partial charge in [0.2, 0.25) is 0 Å². The van der Waals surface area contributed by atoms with E-state index in [1.54, 1.807) is 6.07 Å². The van der Waals surface area contributed by atoms with Crippen LogP contribution in [0.2, 0.25) is 5.02 Å². The van der Waals surface area contributed by atoms with Gasteiger partial charge in [-0.1, -0.05) is 23.7 Å². The largest absolute Gasteiger partial charge is 0.396 e. The first-order valence-corrected chi connectivity index (χ1v) is 9.36. The number of hydrogen-bond acceptors (Lipinski definition) is 4. The van der Waals surface area contributed by atoms with E-state index < -0.39 is 0 Å². The van der Waals surface area contributed by atoms with Gasteiger partial charge in [-0.05, 0) is 43.2 Å². The fourth-order valence-corrected chi connectivity index (χ4v) is 3.75.